The second kappa shape index (κ2) is 10.6. The molecule has 3 N–H and O–H groups in total. The molecule has 2 aromatic carbocycles. The van der Waals surface area contributed by atoms with E-state index in [9.17, 15) is 19.5 Å². The van der Waals surface area contributed by atoms with Crippen LogP contribution in [0, 0.1) is 17.8 Å². The molecule has 1 aromatic heterocycles. The van der Waals surface area contributed by atoms with Crippen molar-refractivity contribution in [3.05, 3.63) is 48.5 Å². The van der Waals surface area contributed by atoms with Crippen LogP contribution in [0.1, 0.15) is 27.2 Å². The van der Waals surface area contributed by atoms with Crippen molar-refractivity contribution in [1.82, 2.24) is 25.2 Å². The normalized spacial score (nSPS) is 29.0. The van der Waals surface area contributed by atoms with E-state index < -0.39 is 28.7 Å². The highest BCUT2D eigenvalue weighted by Gasteiger charge is 2.76. The molecule has 3 aliphatic rings. The number of ether oxygens (including phenoxy) is 1. The van der Waals surface area contributed by atoms with E-state index in [0.29, 0.717) is 30.0 Å². The van der Waals surface area contributed by atoms with Crippen molar-refractivity contribution < 1.29 is 24.2 Å². The number of hydrogen-bond acceptors (Lipinski definition) is 8. The Morgan fingerprint density at radius 1 is 1.20 bits per heavy atom. The van der Waals surface area contributed by atoms with Crippen LogP contribution >= 0.6 is 11.8 Å². The summed E-state index contributed by atoms with van der Waals surface area (Å²) in [5, 5.41) is 24.3. The summed E-state index contributed by atoms with van der Waals surface area (Å²) in [6.45, 7) is 6.03. The van der Waals surface area contributed by atoms with Crippen LogP contribution in [0.4, 0.5) is 5.69 Å². The number of nitrogens with zero attached hydrogens (tertiary/aromatic N) is 4. The molecule has 216 valence electrons. The number of fused-ring (bicyclic) bond motifs is 2. The zero-order chi connectivity index (χ0) is 28.9. The van der Waals surface area contributed by atoms with E-state index in [1.165, 1.54) is 4.90 Å². The fourth-order valence-corrected chi connectivity index (χ4v) is 9.34. The molecule has 3 aliphatic heterocycles. The standard InChI is InChI=1S/C29H34N6O5S/c1-4-40-19-11-9-18(10-12-19)31-26(37)23-22-13-16(2)29(41-22)24(23)28(39)35(17(3)14-36)25(29)27(38)30-15-34-21-8-6-5-7-20(21)32-33-34/h5-12,16-17,22-25,36H,4,13-15H2,1-3H3,(H,30,38)(H,31,37)/t16?,17-,22-,23+,24+,25?,29?/m1/s1. The van der Waals surface area contributed by atoms with E-state index in [1.807, 2.05) is 31.2 Å². The van der Waals surface area contributed by atoms with Crippen molar-refractivity contribution in [1.29, 1.82) is 0 Å². The highest BCUT2D eigenvalue weighted by Crippen LogP contribution is 2.68. The summed E-state index contributed by atoms with van der Waals surface area (Å²) in [7, 11) is 0. The van der Waals surface area contributed by atoms with Gasteiger partial charge in [0.2, 0.25) is 17.7 Å². The first-order chi connectivity index (χ1) is 19.8. The van der Waals surface area contributed by atoms with Crippen LogP contribution < -0.4 is 15.4 Å². The predicted molar refractivity (Wildman–Crippen MR) is 154 cm³/mol. The van der Waals surface area contributed by atoms with Gasteiger partial charge in [0.25, 0.3) is 0 Å². The fraction of sp³-hybridized carbons (Fsp3) is 0.483. The first kappa shape index (κ1) is 27.5. The largest absolute Gasteiger partial charge is 0.494 e. The molecular weight excluding hydrogens is 544 g/mol. The Morgan fingerprint density at radius 2 is 1.95 bits per heavy atom. The van der Waals surface area contributed by atoms with Gasteiger partial charge in [0, 0.05) is 10.9 Å². The zero-order valence-electron chi connectivity index (χ0n) is 23.2. The summed E-state index contributed by atoms with van der Waals surface area (Å²) in [5.41, 5.74) is 2.11. The van der Waals surface area contributed by atoms with E-state index >= 15 is 0 Å². The number of anilines is 1. The Bertz CT molecular complexity index is 1480. The smallest absolute Gasteiger partial charge is 0.245 e. The average Bonchev–Trinajstić information content (AvgIpc) is 3.69. The number of likely N-dealkylation sites (tertiary alicyclic amines) is 1. The quantitative estimate of drug-likeness (QED) is 0.352. The lowest BCUT2D eigenvalue weighted by Crippen LogP contribution is -2.58. The second-order valence-electron chi connectivity index (χ2n) is 11.1. The number of nitrogens with one attached hydrogen (secondary N) is 2. The molecule has 3 fully saturated rings. The molecule has 3 unspecified atom stereocenters. The van der Waals surface area contributed by atoms with Gasteiger partial charge in [-0.2, -0.15) is 0 Å². The number of hydrogen-bond donors (Lipinski definition) is 3. The van der Waals surface area contributed by atoms with Crippen LogP contribution in [0.2, 0.25) is 0 Å². The molecule has 2 bridgehead atoms. The van der Waals surface area contributed by atoms with Crippen molar-refractivity contribution in [2.24, 2.45) is 17.8 Å². The molecule has 3 saturated heterocycles. The Hall–Kier alpha value is -3.64. The number of aromatic nitrogens is 3. The first-order valence-electron chi connectivity index (χ1n) is 14.0. The number of carbonyl (C=O) groups is 3. The minimum Gasteiger partial charge on any atom is -0.494 e. The van der Waals surface area contributed by atoms with Crippen molar-refractivity contribution in [2.45, 2.75) is 55.9 Å². The average molecular weight is 579 g/mol. The minimum atomic E-state index is -0.842. The van der Waals surface area contributed by atoms with Crippen molar-refractivity contribution >= 4 is 46.2 Å². The van der Waals surface area contributed by atoms with Crippen LogP contribution in [0.3, 0.4) is 0 Å². The Balaban J connectivity index is 1.28. The van der Waals surface area contributed by atoms with E-state index in [4.69, 9.17) is 4.74 Å². The first-order valence-corrected chi connectivity index (χ1v) is 14.9. The molecule has 41 heavy (non-hydrogen) atoms. The number of para-hydroxylation sites is 1. The fourth-order valence-electron chi connectivity index (χ4n) is 6.93. The van der Waals surface area contributed by atoms with Gasteiger partial charge in [-0.05, 0) is 62.6 Å². The van der Waals surface area contributed by atoms with Gasteiger partial charge in [-0.3, -0.25) is 14.4 Å². The molecule has 3 aromatic rings. The number of aliphatic hydroxyl groups excluding tert-OH is 1. The lowest BCUT2D eigenvalue weighted by molar-refractivity contribution is -0.141. The molecule has 7 atom stereocenters. The van der Waals surface area contributed by atoms with E-state index in [-0.39, 0.29) is 42.2 Å². The van der Waals surface area contributed by atoms with Gasteiger partial charge in [0.05, 0.1) is 41.4 Å². The van der Waals surface area contributed by atoms with Crippen LogP contribution in [0.15, 0.2) is 48.5 Å². The van der Waals surface area contributed by atoms with Gasteiger partial charge in [0.15, 0.2) is 0 Å². The molecule has 0 aliphatic carbocycles. The number of thioether (sulfide) groups is 1. The molecule has 6 rings (SSSR count). The van der Waals surface area contributed by atoms with Crippen LogP contribution in [0.25, 0.3) is 11.0 Å². The molecule has 1 spiro atoms. The van der Waals surface area contributed by atoms with Gasteiger partial charge >= 0.3 is 0 Å². The maximum Gasteiger partial charge on any atom is 0.245 e. The maximum atomic E-state index is 14.1. The molecule has 4 heterocycles. The van der Waals surface area contributed by atoms with E-state index in [0.717, 1.165) is 5.52 Å². The number of amides is 3. The zero-order valence-corrected chi connectivity index (χ0v) is 24.0. The summed E-state index contributed by atoms with van der Waals surface area (Å²) in [5.74, 6) is -1.37. The third-order valence-corrected chi connectivity index (χ3v) is 10.8. The van der Waals surface area contributed by atoms with Gasteiger partial charge in [-0.15, -0.1) is 16.9 Å². The molecule has 0 radical (unpaired) electrons. The van der Waals surface area contributed by atoms with Crippen LogP contribution in [0.5, 0.6) is 5.75 Å². The lowest BCUT2D eigenvalue weighted by Gasteiger charge is -2.39. The van der Waals surface area contributed by atoms with Gasteiger partial charge in [-0.25, -0.2) is 4.68 Å². The third kappa shape index (κ3) is 4.35. The third-order valence-electron chi connectivity index (χ3n) is 8.73. The number of carbonyl (C=O) groups excluding carboxylic acids is 3. The SMILES string of the molecule is CCOc1ccc(NC(=O)[C@@H]2[C@H]3C(=O)N([C@H](C)CO)C(C(=O)NCn4nnc5ccccc54)C34S[C@@H]2CC4C)cc1. The van der Waals surface area contributed by atoms with Crippen molar-refractivity contribution in [3.63, 3.8) is 0 Å². The highest BCUT2D eigenvalue weighted by atomic mass is 32.2. The van der Waals surface area contributed by atoms with Crippen molar-refractivity contribution in [3.8, 4) is 5.75 Å². The van der Waals surface area contributed by atoms with E-state index in [2.05, 4.69) is 27.9 Å². The number of benzene rings is 2. The second-order valence-corrected chi connectivity index (χ2v) is 12.6. The molecular formula is C29H34N6O5S. The van der Waals surface area contributed by atoms with Gasteiger partial charge in [0.1, 0.15) is 24.0 Å². The highest BCUT2D eigenvalue weighted by molar-refractivity contribution is 8.02. The molecule has 3 amide bonds. The monoisotopic (exact) mass is 578 g/mol. The number of aliphatic hydroxyl groups is 1. The summed E-state index contributed by atoms with van der Waals surface area (Å²) in [6.07, 6.45) is 0.717. The number of rotatable bonds is 9. The van der Waals surface area contributed by atoms with Crippen LogP contribution in [-0.4, -0.2) is 78.0 Å². The van der Waals surface area contributed by atoms with E-state index in [1.54, 1.807) is 47.6 Å². The summed E-state index contributed by atoms with van der Waals surface area (Å²) in [4.78, 5) is 43.4. The molecule has 0 saturated carbocycles. The Kier molecular flexibility index (Phi) is 7.14. The lowest BCUT2D eigenvalue weighted by atomic mass is 9.66. The Morgan fingerprint density at radius 3 is 2.68 bits per heavy atom. The topological polar surface area (TPSA) is 139 Å². The summed E-state index contributed by atoms with van der Waals surface area (Å²) >= 11 is 1.59. The predicted octanol–water partition coefficient (Wildman–Crippen LogP) is 2.26. The van der Waals surface area contributed by atoms with Gasteiger partial charge < -0.3 is 25.4 Å². The summed E-state index contributed by atoms with van der Waals surface area (Å²) in [6, 6.07) is 13.2. The Labute approximate surface area is 242 Å². The van der Waals surface area contributed by atoms with Crippen LogP contribution in [-0.2, 0) is 21.1 Å². The maximum absolute atomic E-state index is 14.1. The molecule has 12 heteroatoms. The molecule has 11 nitrogen and oxygen atoms in total. The van der Waals surface area contributed by atoms with Crippen molar-refractivity contribution in [2.75, 3.05) is 18.5 Å². The summed E-state index contributed by atoms with van der Waals surface area (Å²) < 4.78 is 6.31. The minimum absolute atomic E-state index is 0.0137. The van der Waals surface area contributed by atoms with Gasteiger partial charge in [-0.1, -0.05) is 24.3 Å².